The van der Waals surface area contributed by atoms with Crippen LogP contribution in [0.2, 0.25) is 0 Å². The molecule has 11 heteroatoms. The highest BCUT2D eigenvalue weighted by Gasteiger charge is 2.39. The van der Waals surface area contributed by atoms with Crippen molar-refractivity contribution in [3.63, 3.8) is 0 Å². The lowest BCUT2D eigenvalue weighted by Crippen LogP contribution is -2.35. The number of alkyl halides is 3. The Morgan fingerprint density at radius 2 is 2.08 bits per heavy atom. The molecule has 0 bridgehead atoms. The van der Waals surface area contributed by atoms with Crippen LogP contribution < -0.4 is 10.7 Å². The SMILES string of the molecule is CSc1nnc(C(F)(F)F)n1NC(=O)CNCc1cccc(F)c1. The van der Waals surface area contributed by atoms with Crippen molar-refractivity contribution >= 4 is 17.7 Å². The molecule has 0 radical (unpaired) electrons. The van der Waals surface area contributed by atoms with Gasteiger partial charge in [0.15, 0.2) is 0 Å². The molecule has 0 unspecified atom stereocenters. The maximum atomic E-state index is 13.0. The van der Waals surface area contributed by atoms with Crippen LogP contribution in [0.15, 0.2) is 29.4 Å². The molecule has 1 aromatic heterocycles. The zero-order chi connectivity index (χ0) is 17.7. The number of nitrogens with one attached hydrogen (secondary N) is 2. The van der Waals surface area contributed by atoms with E-state index in [1.807, 2.05) is 0 Å². The van der Waals surface area contributed by atoms with Gasteiger partial charge in [0.1, 0.15) is 5.82 Å². The maximum absolute atomic E-state index is 13.0. The van der Waals surface area contributed by atoms with Gasteiger partial charge in [0, 0.05) is 6.54 Å². The number of carbonyl (C=O) groups excluding carboxylic acids is 1. The summed E-state index contributed by atoms with van der Waals surface area (Å²) in [5.74, 6) is -2.44. The Balaban J connectivity index is 1.96. The van der Waals surface area contributed by atoms with Crippen LogP contribution in [-0.4, -0.2) is 33.6 Å². The van der Waals surface area contributed by atoms with Gasteiger partial charge in [-0.15, -0.1) is 10.2 Å². The molecule has 6 nitrogen and oxygen atoms in total. The molecule has 0 aliphatic rings. The Morgan fingerprint density at radius 1 is 1.33 bits per heavy atom. The molecule has 0 aliphatic carbocycles. The highest BCUT2D eigenvalue weighted by Crippen LogP contribution is 2.29. The van der Waals surface area contributed by atoms with Gasteiger partial charge in [-0.2, -0.15) is 13.2 Å². The molecular weight excluding hydrogens is 350 g/mol. The quantitative estimate of drug-likeness (QED) is 0.607. The Hall–Kier alpha value is -2.14. The summed E-state index contributed by atoms with van der Waals surface area (Å²) in [4.78, 5) is 11.8. The molecule has 1 amide bonds. The van der Waals surface area contributed by atoms with Crippen LogP contribution in [0.5, 0.6) is 0 Å². The Bertz CT molecular complexity index is 719. The third kappa shape index (κ3) is 4.68. The minimum Gasteiger partial charge on any atom is -0.304 e. The third-order valence-electron chi connectivity index (χ3n) is 2.81. The molecule has 0 spiro atoms. The summed E-state index contributed by atoms with van der Waals surface area (Å²) in [7, 11) is 0. The second-order valence-corrected chi connectivity index (χ2v) is 5.39. The zero-order valence-electron chi connectivity index (χ0n) is 12.4. The zero-order valence-corrected chi connectivity index (χ0v) is 13.2. The molecule has 0 saturated carbocycles. The number of rotatable bonds is 6. The summed E-state index contributed by atoms with van der Waals surface area (Å²) in [5.41, 5.74) is 2.69. The van der Waals surface area contributed by atoms with E-state index < -0.39 is 23.7 Å². The predicted molar refractivity (Wildman–Crippen MR) is 79.3 cm³/mol. The second-order valence-electron chi connectivity index (χ2n) is 4.61. The lowest BCUT2D eigenvalue weighted by molar-refractivity contribution is -0.147. The van der Waals surface area contributed by atoms with Gasteiger partial charge in [-0.25, -0.2) is 9.07 Å². The van der Waals surface area contributed by atoms with Crippen LogP contribution in [-0.2, 0) is 17.5 Å². The molecule has 1 aromatic carbocycles. The minimum atomic E-state index is -4.75. The number of halogens is 4. The van der Waals surface area contributed by atoms with Crippen LogP contribution in [0.25, 0.3) is 0 Å². The standard InChI is InChI=1S/C13H13F4N5OS/c1-24-12-20-19-11(13(15,16)17)22(12)21-10(23)7-18-6-8-3-2-4-9(14)5-8/h2-5,18H,6-7H2,1H3,(H,21,23). The largest absolute Gasteiger partial charge is 0.453 e. The predicted octanol–water partition coefficient (Wildman–Crippen LogP) is 2.02. The van der Waals surface area contributed by atoms with Crippen molar-refractivity contribution < 1.29 is 22.4 Å². The van der Waals surface area contributed by atoms with Crippen LogP contribution >= 0.6 is 11.8 Å². The molecule has 130 valence electrons. The van der Waals surface area contributed by atoms with Gasteiger partial charge in [-0.05, 0) is 24.0 Å². The summed E-state index contributed by atoms with van der Waals surface area (Å²) < 4.78 is 52.0. The van der Waals surface area contributed by atoms with E-state index in [2.05, 4.69) is 20.9 Å². The number of carbonyl (C=O) groups is 1. The third-order valence-corrected chi connectivity index (χ3v) is 3.44. The number of aromatic nitrogens is 3. The molecule has 0 atom stereocenters. The van der Waals surface area contributed by atoms with Gasteiger partial charge in [0.05, 0.1) is 6.54 Å². The van der Waals surface area contributed by atoms with E-state index in [4.69, 9.17) is 0 Å². The number of nitrogens with zero attached hydrogens (tertiary/aromatic N) is 3. The highest BCUT2D eigenvalue weighted by molar-refractivity contribution is 7.98. The van der Waals surface area contributed by atoms with Crippen LogP contribution in [0.1, 0.15) is 11.4 Å². The fraction of sp³-hybridized carbons (Fsp3) is 0.308. The van der Waals surface area contributed by atoms with Crippen molar-refractivity contribution in [1.82, 2.24) is 20.2 Å². The Kier molecular flexibility index (Phi) is 5.78. The van der Waals surface area contributed by atoms with Crippen LogP contribution in [0, 0.1) is 5.82 Å². The normalized spacial score (nSPS) is 11.5. The first-order valence-electron chi connectivity index (χ1n) is 6.63. The van der Waals surface area contributed by atoms with Crippen molar-refractivity contribution in [1.29, 1.82) is 0 Å². The first-order valence-corrected chi connectivity index (χ1v) is 7.85. The van der Waals surface area contributed by atoms with E-state index in [1.54, 1.807) is 6.07 Å². The number of hydrogen-bond donors (Lipinski definition) is 2. The smallest absolute Gasteiger partial charge is 0.304 e. The van der Waals surface area contributed by atoms with E-state index in [0.29, 0.717) is 10.2 Å². The van der Waals surface area contributed by atoms with E-state index in [1.165, 1.54) is 24.5 Å². The maximum Gasteiger partial charge on any atom is 0.453 e. The summed E-state index contributed by atoms with van der Waals surface area (Å²) in [6.07, 6.45) is -3.24. The molecule has 2 rings (SSSR count). The van der Waals surface area contributed by atoms with E-state index in [-0.39, 0.29) is 18.2 Å². The second kappa shape index (κ2) is 7.62. The van der Waals surface area contributed by atoms with Crippen molar-refractivity contribution in [3.8, 4) is 0 Å². The number of thioether (sulfide) groups is 1. The Labute approximate surface area is 138 Å². The Morgan fingerprint density at radius 3 is 2.71 bits per heavy atom. The molecule has 2 N–H and O–H groups in total. The first kappa shape index (κ1) is 18.2. The lowest BCUT2D eigenvalue weighted by atomic mass is 10.2. The molecule has 0 fully saturated rings. The van der Waals surface area contributed by atoms with E-state index in [0.717, 1.165) is 11.8 Å². The van der Waals surface area contributed by atoms with E-state index in [9.17, 15) is 22.4 Å². The monoisotopic (exact) mass is 363 g/mol. The number of amides is 1. The topological polar surface area (TPSA) is 71.8 Å². The summed E-state index contributed by atoms with van der Waals surface area (Å²) in [5, 5.41) is 9.03. The molecule has 2 aromatic rings. The molecule has 1 heterocycles. The van der Waals surface area contributed by atoms with Gasteiger partial charge >= 0.3 is 6.18 Å². The van der Waals surface area contributed by atoms with Gasteiger partial charge in [0.25, 0.3) is 11.7 Å². The summed E-state index contributed by atoms with van der Waals surface area (Å²) in [6.45, 7) is -0.0747. The van der Waals surface area contributed by atoms with Crippen molar-refractivity contribution in [3.05, 3.63) is 41.5 Å². The highest BCUT2D eigenvalue weighted by atomic mass is 32.2. The minimum absolute atomic E-state index is 0.0965. The van der Waals surface area contributed by atoms with Crippen molar-refractivity contribution in [2.24, 2.45) is 0 Å². The summed E-state index contributed by atoms with van der Waals surface area (Å²) >= 11 is 0.909. The van der Waals surface area contributed by atoms with Crippen LogP contribution in [0.4, 0.5) is 17.6 Å². The fourth-order valence-electron chi connectivity index (χ4n) is 1.82. The fourth-order valence-corrected chi connectivity index (χ4v) is 2.26. The molecule has 0 aliphatic heterocycles. The van der Waals surface area contributed by atoms with Gasteiger partial charge in [-0.3, -0.25) is 10.2 Å². The lowest BCUT2D eigenvalue weighted by Gasteiger charge is -2.12. The van der Waals surface area contributed by atoms with Gasteiger partial charge in [-0.1, -0.05) is 23.9 Å². The van der Waals surface area contributed by atoms with Crippen LogP contribution in [0.3, 0.4) is 0 Å². The average Bonchev–Trinajstić information content (AvgIpc) is 2.90. The molecular formula is C13H13F4N5OS. The number of hydrogen-bond acceptors (Lipinski definition) is 5. The number of benzene rings is 1. The van der Waals surface area contributed by atoms with Crippen molar-refractivity contribution in [2.45, 2.75) is 17.9 Å². The first-order chi connectivity index (χ1) is 11.3. The van der Waals surface area contributed by atoms with E-state index >= 15 is 0 Å². The van der Waals surface area contributed by atoms with Crippen molar-refractivity contribution in [2.75, 3.05) is 18.2 Å². The summed E-state index contributed by atoms with van der Waals surface area (Å²) in [6, 6.07) is 5.74. The molecule has 24 heavy (non-hydrogen) atoms. The average molecular weight is 363 g/mol. The van der Waals surface area contributed by atoms with Gasteiger partial charge in [0.2, 0.25) is 5.16 Å². The molecule has 0 saturated heterocycles. The van der Waals surface area contributed by atoms with Gasteiger partial charge < -0.3 is 5.32 Å².